The molecule has 1 atom stereocenters. The zero-order valence-electron chi connectivity index (χ0n) is 17.4. The van der Waals surface area contributed by atoms with Gasteiger partial charge >= 0.3 is 0 Å². The summed E-state index contributed by atoms with van der Waals surface area (Å²) in [5.41, 5.74) is 1.72. The number of rotatable bonds is 6. The highest BCUT2D eigenvalue weighted by molar-refractivity contribution is 6.02. The van der Waals surface area contributed by atoms with Gasteiger partial charge in [0.1, 0.15) is 23.4 Å². The monoisotopic (exact) mass is 417 g/mol. The fourth-order valence-corrected chi connectivity index (χ4v) is 4.09. The number of benzene rings is 2. The first-order valence-electron chi connectivity index (χ1n) is 10.4. The van der Waals surface area contributed by atoms with Crippen molar-refractivity contribution in [2.24, 2.45) is 5.92 Å². The molecule has 0 spiro atoms. The van der Waals surface area contributed by atoms with Crippen LogP contribution >= 0.6 is 0 Å². The summed E-state index contributed by atoms with van der Waals surface area (Å²) in [6.45, 7) is 1.95. The molecule has 2 aromatic carbocycles. The smallest absolute Gasteiger partial charge is 0.297 e. The predicted molar refractivity (Wildman–Crippen MR) is 118 cm³/mol. The summed E-state index contributed by atoms with van der Waals surface area (Å²) in [5.74, 6) is 1.04. The van der Waals surface area contributed by atoms with E-state index in [-0.39, 0.29) is 29.6 Å². The Labute approximate surface area is 178 Å². The SMILES string of the molecule is COc1ccc(N(C(=O)Cn2cnc3c(oc4ccccc43)c2=O)C(C)C2CC2)cc1. The second kappa shape index (κ2) is 7.58. The van der Waals surface area contributed by atoms with E-state index in [0.29, 0.717) is 17.0 Å². The number of aromatic nitrogens is 2. The lowest BCUT2D eigenvalue weighted by Gasteiger charge is -2.30. The van der Waals surface area contributed by atoms with Gasteiger partial charge in [0.25, 0.3) is 5.56 Å². The average molecular weight is 417 g/mol. The van der Waals surface area contributed by atoms with Crippen molar-refractivity contribution in [2.45, 2.75) is 32.4 Å². The first kappa shape index (κ1) is 19.4. The summed E-state index contributed by atoms with van der Waals surface area (Å²) >= 11 is 0. The Balaban J connectivity index is 1.49. The van der Waals surface area contributed by atoms with Crippen molar-refractivity contribution < 1.29 is 13.9 Å². The lowest BCUT2D eigenvalue weighted by atomic mass is 10.1. The Morgan fingerprint density at radius 2 is 1.97 bits per heavy atom. The Bertz CT molecular complexity index is 1320. The van der Waals surface area contributed by atoms with Crippen LogP contribution in [0.1, 0.15) is 19.8 Å². The Hall–Kier alpha value is -3.61. The molecule has 0 N–H and O–H groups in total. The van der Waals surface area contributed by atoms with Gasteiger partial charge in [-0.3, -0.25) is 14.2 Å². The summed E-state index contributed by atoms with van der Waals surface area (Å²) in [4.78, 5) is 32.6. The quantitative estimate of drug-likeness (QED) is 0.474. The van der Waals surface area contributed by atoms with Crippen LogP contribution in [0.15, 0.2) is 64.1 Å². The fraction of sp³-hybridized carbons (Fsp3) is 0.292. The van der Waals surface area contributed by atoms with Gasteiger partial charge in [-0.05, 0) is 62.1 Å². The number of nitrogens with zero attached hydrogens (tertiary/aromatic N) is 3. The second-order valence-electron chi connectivity index (χ2n) is 7.99. The maximum Gasteiger partial charge on any atom is 0.297 e. The van der Waals surface area contributed by atoms with Gasteiger partial charge in [0.05, 0.1) is 13.4 Å². The maximum atomic E-state index is 13.4. The number of para-hydroxylation sites is 1. The summed E-state index contributed by atoms with van der Waals surface area (Å²) in [6.07, 6.45) is 3.64. The van der Waals surface area contributed by atoms with E-state index in [4.69, 9.17) is 9.15 Å². The van der Waals surface area contributed by atoms with E-state index in [9.17, 15) is 9.59 Å². The average Bonchev–Trinajstić information content (AvgIpc) is 3.57. The number of anilines is 1. The molecule has 0 saturated heterocycles. The van der Waals surface area contributed by atoms with Crippen molar-refractivity contribution in [3.63, 3.8) is 0 Å². The van der Waals surface area contributed by atoms with Gasteiger partial charge in [-0.15, -0.1) is 0 Å². The molecule has 1 saturated carbocycles. The van der Waals surface area contributed by atoms with E-state index < -0.39 is 0 Å². The lowest BCUT2D eigenvalue weighted by molar-refractivity contribution is -0.119. The molecule has 1 fully saturated rings. The van der Waals surface area contributed by atoms with Gasteiger partial charge in [-0.1, -0.05) is 12.1 Å². The molecule has 0 bridgehead atoms. The van der Waals surface area contributed by atoms with Gasteiger partial charge in [-0.2, -0.15) is 0 Å². The standard InChI is InChI=1S/C24H23N3O4/c1-15(16-7-8-16)27(17-9-11-18(30-2)12-10-17)21(28)13-26-14-25-22-19-5-3-4-6-20(19)31-23(22)24(26)29/h3-6,9-12,14-16H,7-8,13H2,1-2H3. The predicted octanol–water partition coefficient (Wildman–Crippen LogP) is 3.98. The molecule has 7 nitrogen and oxygen atoms in total. The van der Waals surface area contributed by atoms with Crippen LogP contribution in [0.4, 0.5) is 5.69 Å². The van der Waals surface area contributed by atoms with Crippen molar-refractivity contribution >= 4 is 33.7 Å². The molecule has 4 aromatic rings. The zero-order valence-corrected chi connectivity index (χ0v) is 17.4. The van der Waals surface area contributed by atoms with E-state index in [1.54, 1.807) is 18.1 Å². The number of hydrogen-bond acceptors (Lipinski definition) is 5. The molecule has 2 aromatic heterocycles. The zero-order chi connectivity index (χ0) is 21.5. The number of fused-ring (bicyclic) bond motifs is 3. The topological polar surface area (TPSA) is 77.6 Å². The van der Waals surface area contributed by atoms with Crippen LogP contribution in [0.25, 0.3) is 22.1 Å². The molecule has 1 aliphatic carbocycles. The molecule has 7 heteroatoms. The van der Waals surface area contributed by atoms with Crippen LogP contribution in [0.3, 0.4) is 0 Å². The summed E-state index contributed by atoms with van der Waals surface area (Å²) in [5, 5.41) is 0.787. The second-order valence-corrected chi connectivity index (χ2v) is 7.99. The Morgan fingerprint density at radius 3 is 2.68 bits per heavy atom. The van der Waals surface area contributed by atoms with Crippen LogP contribution in [-0.2, 0) is 11.3 Å². The number of furan rings is 1. The number of carbonyl (C=O) groups excluding carboxylic acids is 1. The van der Waals surface area contributed by atoms with E-state index in [2.05, 4.69) is 11.9 Å². The third-order valence-corrected chi connectivity index (χ3v) is 5.99. The van der Waals surface area contributed by atoms with E-state index in [1.807, 2.05) is 42.5 Å². The van der Waals surface area contributed by atoms with Crippen LogP contribution in [0, 0.1) is 5.92 Å². The van der Waals surface area contributed by atoms with Crippen LogP contribution in [0.5, 0.6) is 5.75 Å². The van der Waals surface area contributed by atoms with Crippen LogP contribution in [-0.4, -0.2) is 28.6 Å². The van der Waals surface area contributed by atoms with Crippen molar-refractivity contribution in [3.05, 3.63) is 65.2 Å². The molecule has 31 heavy (non-hydrogen) atoms. The first-order chi connectivity index (χ1) is 15.1. The van der Waals surface area contributed by atoms with Crippen molar-refractivity contribution in [2.75, 3.05) is 12.0 Å². The normalized spacial score (nSPS) is 14.6. The molecular weight excluding hydrogens is 394 g/mol. The molecule has 0 radical (unpaired) electrons. The number of hydrogen-bond donors (Lipinski definition) is 0. The number of ether oxygens (including phenoxy) is 1. The minimum absolute atomic E-state index is 0.0412. The highest BCUT2D eigenvalue weighted by atomic mass is 16.5. The van der Waals surface area contributed by atoms with Crippen molar-refractivity contribution in [3.8, 4) is 5.75 Å². The van der Waals surface area contributed by atoms with Crippen molar-refractivity contribution in [1.29, 1.82) is 0 Å². The van der Waals surface area contributed by atoms with Gasteiger partial charge in [-0.25, -0.2) is 4.98 Å². The fourth-order valence-electron chi connectivity index (χ4n) is 4.09. The van der Waals surface area contributed by atoms with E-state index >= 15 is 0 Å². The summed E-state index contributed by atoms with van der Waals surface area (Å²) in [6, 6.07) is 14.9. The third-order valence-electron chi connectivity index (χ3n) is 5.99. The molecule has 0 aliphatic heterocycles. The number of amides is 1. The summed E-state index contributed by atoms with van der Waals surface area (Å²) in [7, 11) is 1.61. The van der Waals surface area contributed by atoms with Gasteiger partial charge in [0.2, 0.25) is 11.5 Å². The molecule has 158 valence electrons. The molecule has 5 rings (SSSR count). The van der Waals surface area contributed by atoms with Gasteiger partial charge < -0.3 is 14.1 Å². The Morgan fingerprint density at radius 1 is 1.23 bits per heavy atom. The minimum Gasteiger partial charge on any atom is -0.497 e. The van der Waals surface area contributed by atoms with Crippen molar-refractivity contribution in [1.82, 2.24) is 9.55 Å². The van der Waals surface area contributed by atoms with Crippen LogP contribution in [0.2, 0.25) is 0 Å². The molecule has 1 aliphatic rings. The van der Waals surface area contributed by atoms with Crippen LogP contribution < -0.4 is 15.2 Å². The number of carbonyl (C=O) groups is 1. The molecule has 1 amide bonds. The minimum atomic E-state index is -0.358. The highest BCUT2D eigenvalue weighted by Gasteiger charge is 2.35. The van der Waals surface area contributed by atoms with Gasteiger partial charge in [0, 0.05) is 17.1 Å². The summed E-state index contributed by atoms with van der Waals surface area (Å²) < 4.78 is 12.3. The maximum absolute atomic E-state index is 13.4. The highest BCUT2D eigenvalue weighted by Crippen LogP contribution is 2.37. The third kappa shape index (κ3) is 3.46. The molecule has 1 unspecified atom stereocenters. The number of methoxy groups -OCH3 is 1. The Kier molecular flexibility index (Phi) is 4.73. The molecule has 2 heterocycles. The molecular formula is C24H23N3O4. The lowest BCUT2D eigenvalue weighted by Crippen LogP contribution is -2.43. The van der Waals surface area contributed by atoms with E-state index in [1.165, 1.54) is 10.9 Å². The largest absolute Gasteiger partial charge is 0.497 e. The van der Waals surface area contributed by atoms with Gasteiger partial charge in [0.15, 0.2) is 0 Å². The van der Waals surface area contributed by atoms with E-state index in [0.717, 1.165) is 29.7 Å². The first-order valence-corrected chi connectivity index (χ1v) is 10.4.